The molecule has 0 saturated carbocycles. The molecule has 0 spiro atoms. The Labute approximate surface area is 205 Å². The van der Waals surface area contributed by atoms with Crippen molar-refractivity contribution in [3.63, 3.8) is 0 Å². The molecule has 34 heavy (non-hydrogen) atoms. The van der Waals surface area contributed by atoms with E-state index < -0.39 is 22.9 Å². The molecule has 4 aromatic rings. The van der Waals surface area contributed by atoms with Gasteiger partial charge in [-0.25, -0.2) is 0 Å². The smallest absolute Gasteiger partial charge is 0.450 e. The van der Waals surface area contributed by atoms with Crippen LogP contribution in [0.3, 0.4) is 0 Å². The summed E-state index contributed by atoms with van der Waals surface area (Å²) < 4.78 is 54.1. The van der Waals surface area contributed by atoms with Gasteiger partial charge in [0, 0.05) is 22.6 Å². The number of hydrogen-bond acceptors (Lipinski definition) is 4. The fourth-order valence-electron chi connectivity index (χ4n) is 4.04. The molecule has 1 aliphatic rings. The zero-order valence-electron chi connectivity index (χ0n) is 17.5. The summed E-state index contributed by atoms with van der Waals surface area (Å²) in [5, 5.41) is 0.680. The topological polar surface area (TPSA) is 42.7 Å². The number of fused-ring (bicyclic) bond motifs is 3. The lowest BCUT2D eigenvalue weighted by molar-refractivity contribution is -0.152. The molecule has 0 atom stereocenters. The summed E-state index contributed by atoms with van der Waals surface area (Å²) in [4.78, 5) is 15.2. The summed E-state index contributed by atoms with van der Waals surface area (Å²) in [7, 11) is 0. The molecule has 0 radical (unpaired) electrons. The summed E-state index contributed by atoms with van der Waals surface area (Å²) in [5.41, 5.74) is 0.131. The van der Waals surface area contributed by atoms with E-state index >= 15 is 0 Å². The molecule has 0 N–H and O–H groups in total. The second-order valence-electron chi connectivity index (χ2n) is 7.95. The molecule has 0 bridgehead atoms. The second kappa shape index (κ2) is 8.76. The molecule has 174 valence electrons. The Hall–Kier alpha value is -2.81. The minimum absolute atomic E-state index is 0.0709. The second-order valence-corrected chi connectivity index (χ2v) is 9.30. The molecule has 1 aromatic heterocycles. The predicted octanol–water partition coefficient (Wildman–Crippen LogP) is 7.25. The lowest BCUT2D eigenvalue weighted by Crippen LogP contribution is -2.32. The van der Waals surface area contributed by atoms with Crippen molar-refractivity contribution in [1.29, 1.82) is 0 Å². The van der Waals surface area contributed by atoms with Crippen molar-refractivity contribution in [2.24, 2.45) is 0 Å². The Morgan fingerprint density at radius 2 is 1.71 bits per heavy atom. The summed E-state index contributed by atoms with van der Waals surface area (Å²) in [6, 6.07) is 16.4. The van der Waals surface area contributed by atoms with E-state index in [2.05, 4.69) is 15.9 Å². The van der Waals surface area contributed by atoms with Gasteiger partial charge < -0.3 is 9.15 Å². The summed E-state index contributed by atoms with van der Waals surface area (Å²) >= 11 is 9.20. The van der Waals surface area contributed by atoms with E-state index in [4.69, 9.17) is 20.8 Å². The molecule has 0 fully saturated rings. The van der Waals surface area contributed by atoms with Gasteiger partial charge >= 0.3 is 6.18 Å². The quantitative estimate of drug-likeness (QED) is 0.270. The number of hydrogen-bond donors (Lipinski definition) is 0. The van der Waals surface area contributed by atoms with E-state index in [1.54, 1.807) is 30.3 Å². The van der Waals surface area contributed by atoms with Gasteiger partial charge in [0.2, 0.25) is 11.2 Å². The fourth-order valence-corrected chi connectivity index (χ4v) is 4.43. The molecule has 5 rings (SSSR count). The third-order valence-electron chi connectivity index (χ3n) is 5.61. The monoisotopic (exact) mass is 549 g/mol. The Morgan fingerprint density at radius 3 is 2.38 bits per heavy atom. The van der Waals surface area contributed by atoms with Crippen molar-refractivity contribution in [2.45, 2.75) is 19.3 Å². The predicted molar refractivity (Wildman–Crippen MR) is 127 cm³/mol. The Kier molecular flexibility index (Phi) is 5.91. The third-order valence-corrected chi connectivity index (χ3v) is 6.40. The van der Waals surface area contributed by atoms with Crippen LogP contribution in [0.15, 0.2) is 74.3 Å². The molecule has 0 saturated heterocycles. The zero-order valence-corrected chi connectivity index (χ0v) is 19.8. The molecule has 3 aromatic carbocycles. The van der Waals surface area contributed by atoms with E-state index in [1.165, 1.54) is 18.2 Å². The summed E-state index contributed by atoms with van der Waals surface area (Å²) in [6.45, 7) is 0.988. The third kappa shape index (κ3) is 4.33. The molecular formula is C25H16BrClF3NO3. The number of alkyl halides is 3. The Bertz CT molecular complexity index is 1430. The number of ether oxygens (including phenoxy) is 1. The van der Waals surface area contributed by atoms with Crippen LogP contribution in [0.2, 0.25) is 5.02 Å². The first-order chi connectivity index (χ1) is 16.2. The summed E-state index contributed by atoms with van der Waals surface area (Å²) in [5.74, 6) is -0.928. The van der Waals surface area contributed by atoms with Crippen LogP contribution in [0.1, 0.15) is 16.9 Å². The molecule has 9 heteroatoms. The average Bonchev–Trinajstić information content (AvgIpc) is 2.80. The Morgan fingerprint density at radius 1 is 1.00 bits per heavy atom. The highest BCUT2D eigenvalue weighted by Crippen LogP contribution is 2.40. The maximum absolute atomic E-state index is 14.1. The standard InChI is InChI=1S/C25H16BrClF3NO3/c26-16-5-3-15(4-6-16)21-22(32)18-9-10-20-19(23(18)34-24(21)25(28,29)30)12-31(13-33-20)11-14-1-7-17(27)8-2-14/h1-10H,11-13H2. The van der Waals surface area contributed by atoms with Crippen molar-refractivity contribution in [3.8, 4) is 16.9 Å². The van der Waals surface area contributed by atoms with Crippen molar-refractivity contribution < 1.29 is 22.3 Å². The average molecular weight is 551 g/mol. The van der Waals surface area contributed by atoms with Gasteiger partial charge in [0.1, 0.15) is 18.1 Å². The minimum atomic E-state index is -4.86. The molecule has 4 nitrogen and oxygen atoms in total. The molecular weight excluding hydrogens is 535 g/mol. The maximum atomic E-state index is 14.1. The van der Waals surface area contributed by atoms with Crippen LogP contribution in [0.4, 0.5) is 13.2 Å². The number of nitrogens with zero attached hydrogens (tertiary/aromatic N) is 1. The van der Waals surface area contributed by atoms with E-state index in [-0.39, 0.29) is 29.8 Å². The van der Waals surface area contributed by atoms with Crippen LogP contribution in [-0.4, -0.2) is 11.6 Å². The van der Waals surface area contributed by atoms with Gasteiger partial charge in [-0.1, -0.05) is 51.8 Å². The van der Waals surface area contributed by atoms with Crippen LogP contribution in [0, 0.1) is 0 Å². The van der Waals surface area contributed by atoms with E-state index in [0.717, 1.165) is 5.56 Å². The van der Waals surface area contributed by atoms with Crippen molar-refractivity contribution in [3.05, 3.63) is 97.3 Å². The van der Waals surface area contributed by atoms with Crippen molar-refractivity contribution in [2.75, 3.05) is 6.73 Å². The zero-order chi connectivity index (χ0) is 24.0. The summed E-state index contributed by atoms with van der Waals surface area (Å²) in [6.07, 6.45) is -4.86. The normalized spacial score (nSPS) is 14.1. The lowest BCUT2D eigenvalue weighted by Gasteiger charge is -2.29. The first-order valence-corrected chi connectivity index (χ1v) is 11.4. The van der Waals surface area contributed by atoms with Crippen LogP contribution >= 0.6 is 27.5 Å². The molecule has 0 amide bonds. The van der Waals surface area contributed by atoms with Crippen LogP contribution in [-0.2, 0) is 19.3 Å². The largest absolute Gasteiger partial charge is 0.478 e. The lowest BCUT2D eigenvalue weighted by atomic mass is 10.00. The highest BCUT2D eigenvalue weighted by atomic mass is 79.9. The first kappa shape index (κ1) is 23.0. The van der Waals surface area contributed by atoms with E-state index in [1.807, 2.05) is 17.0 Å². The highest BCUT2D eigenvalue weighted by molar-refractivity contribution is 9.10. The van der Waals surface area contributed by atoms with Gasteiger partial charge in [0.25, 0.3) is 0 Å². The SMILES string of the molecule is O=c1c(-c2ccc(Br)cc2)c(C(F)(F)F)oc2c3c(ccc12)OCN(Cc1ccc(Cl)cc1)C3. The minimum Gasteiger partial charge on any atom is -0.478 e. The van der Waals surface area contributed by atoms with Crippen molar-refractivity contribution >= 4 is 38.5 Å². The molecule has 0 aliphatic carbocycles. The van der Waals surface area contributed by atoms with Gasteiger partial charge in [-0.05, 0) is 47.5 Å². The van der Waals surface area contributed by atoms with Crippen LogP contribution < -0.4 is 10.2 Å². The number of rotatable bonds is 3. The maximum Gasteiger partial charge on any atom is 0.450 e. The van der Waals surface area contributed by atoms with Gasteiger partial charge in [-0.15, -0.1) is 0 Å². The Balaban J connectivity index is 1.63. The molecule has 0 unspecified atom stereocenters. The molecule has 2 heterocycles. The number of benzene rings is 3. The van der Waals surface area contributed by atoms with Crippen LogP contribution in [0.5, 0.6) is 5.75 Å². The van der Waals surface area contributed by atoms with E-state index in [0.29, 0.717) is 27.4 Å². The highest BCUT2D eigenvalue weighted by Gasteiger charge is 2.40. The van der Waals surface area contributed by atoms with Gasteiger partial charge in [0.05, 0.1) is 16.5 Å². The van der Waals surface area contributed by atoms with Crippen LogP contribution in [0.25, 0.3) is 22.1 Å². The van der Waals surface area contributed by atoms with Gasteiger partial charge in [-0.2, -0.15) is 13.2 Å². The molecule has 1 aliphatic heterocycles. The fraction of sp³-hybridized carbons (Fsp3) is 0.160. The number of halogens is 5. The van der Waals surface area contributed by atoms with E-state index in [9.17, 15) is 18.0 Å². The van der Waals surface area contributed by atoms with Gasteiger partial charge in [0.15, 0.2) is 0 Å². The van der Waals surface area contributed by atoms with Gasteiger partial charge in [-0.3, -0.25) is 9.69 Å². The first-order valence-electron chi connectivity index (χ1n) is 10.3. The van der Waals surface area contributed by atoms with Crippen molar-refractivity contribution in [1.82, 2.24) is 4.90 Å².